The van der Waals surface area contributed by atoms with Gasteiger partial charge in [-0.1, -0.05) is 46.3 Å². The molecule has 0 aliphatic heterocycles. The molecule has 1 amide bonds. The molecule has 0 aromatic heterocycles. The van der Waals surface area contributed by atoms with Gasteiger partial charge in [0.15, 0.2) is 0 Å². The van der Waals surface area contributed by atoms with Gasteiger partial charge in [-0.25, -0.2) is 9.18 Å². The quantitative estimate of drug-likeness (QED) is 0.903. The van der Waals surface area contributed by atoms with E-state index < -0.39 is 11.9 Å². The molecule has 0 aliphatic carbocycles. The standard InChI is InChI=1S/C15H10BrFN2O2/c16-12-6-11(8-18)14(13(17)7-12)19-15(20)21-9-10-4-2-1-3-5-10/h1-7H,9H2,(H,19,20). The molecule has 0 unspecified atom stereocenters. The van der Waals surface area contributed by atoms with Crippen molar-refractivity contribution in [2.75, 3.05) is 5.32 Å². The molecule has 21 heavy (non-hydrogen) atoms. The SMILES string of the molecule is N#Cc1cc(Br)cc(F)c1NC(=O)OCc1ccccc1. The van der Waals surface area contributed by atoms with Crippen molar-refractivity contribution in [2.24, 2.45) is 0 Å². The number of hydrogen-bond acceptors (Lipinski definition) is 3. The molecule has 2 aromatic carbocycles. The summed E-state index contributed by atoms with van der Waals surface area (Å²) in [6, 6.07) is 13.5. The van der Waals surface area contributed by atoms with Crippen molar-refractivity contribution >= 4 is 27.7 Å². The van der Waals surface area contributed by atoms with E-state index in [-0.39, 0.29) is 17.9 Å². The molecule has 1 N–H and O–H groups in total. The Labute approximate surface area is 129 Å². The van der Waals surface area contributed by atoms with Gasteiger partial charge in [-0.15, -0.1) is 0 Å². The lowest BCUT2D eigenvalue weighted by molar-refractivity contribution is 0.155. The number of nitriles is 1. The number of halogens is 2. The Morgan fingerprint density at radius 1 is 1.33 bits per heavy atom. The molecule has 0 saturated heterocycles. The van der Waals surface area contributed by atoms with Gasteiger partial charge in [0.05, 0.1) is 11.3 Å². The Balaban J connectivity index is 2.05. The third kappa shape index (κ3) is 4.04. The van der Waals surface area contributed by atoms with Crippen molar-refractivity contribution < 1.29 is 13.9 Å². The van der Waals surface area contributed by atoms with E-state index in [1.165, 1.54) is 6.07 Å². The summed E-state index contributed by atoms with van der Waals surface area (Å²) in [5.74, 6) is -0.711. The van der Waals surface area contributed by atoms with Crippen molar-refractivity contribution in [1.82, 2.24) is 0 Å². The minimum absolute atomic E-state index is 0.0125. The Morgan fingerprint density at radius 3 is 2.71 bits per heavy atom. The summed E-state index contributed by atoms with van der Waals surface area (Å²) in [6.45, 7) is 0.0622. The summed E-state index contributed by atoms with van der Waals surface area (Å²) in [5.41, 5.74) is 0.627. The Morgan fingerprint density at radius 2 is 2.05 bits per heavy atom. The number of hydrogen-bond donors (Lipinski definition) is 1. The molecule has 106 valence electrons. The van der Waals surface area contributed by atoms with Crippen LogP contribution in [-0.2, 0) is 11.3 Å². The van der Waals surface area contributed by atoms with Gasteiger partial charge in [-0.05, 0) is 17.7 Å². The first-order chi connectivity index (χ1) is 10.1. The van der Waals surface area contributed by atoms with Crippen molar-refractivity contribution in [3.8, 4) is 6.07 Å². The highest BCUT2D eigenvalue weighted by atomic mass is 79.9. The maximum absolute atomic E-state index is 13.8. The fourth-order valence-electron chi connectivity index (χ4n) is 1.65. The van der Waals surface area contributed by atoms with Gasteiger partial charge in [0, 0.05) is 4.47 Å². The average Bonchev–Trinajstić information content (AvgIpc) is 2.48. The van der Waals surface area contributed by atoms with E-state index in [9.17, 15) is 9.18 Å². The largest absolute Gasteiger partial charge is 0.444 e. The van der Waals surface area contributed by atoms with E-state index in [1.807, 2.05) is 24.3 Å². The summed E-state index contributed by atoms with van der Waals surface area (Å²) >= 11 is 3.08. The summed E-state index contributed by atoms with van der Waals surface area (Å²) in [4.78, 5) is 11.7. The fraction of sp³-hybridized carbons (Fsp3) is 0.0667. The number of benzene rings is 2. The monoisotopic (exact) mass is 348 g/mol. The minimum atomic E-state index is -0.823. The van der Waals surface area contributed by atoms with Gasteiger partial charge in [0.2, 0.25) is 0 Å². The number of anilines is 1. The zero-order valence-electron chi connectivity index (χ0n) is 10.8. The molecule has 2 aromatic rings. The van der Waals surface area contributed by atoms with E-state index in [2.05, 4.69) is 21.2 Å². The van der Waals surface area contributed by atoms with Crippen LogP contribution in [-0.4, -0.2) is 6.09 Å². The maximum atomic E-state index is 13.8. The van der Waals surface area contributed by atoms with Crippen LogP contribution in [0.25, 0.3) is 0 Å². The van der Waals surface area contributed by atoms with Gasteiger partial charge in [0.1, 0.15) is 18.5 Å². The Kier molecular flexibility index (Phi) is 4.90. The van der Waals surface area contributed by atoms with E-state index in [0.717, 1.165) is 11.6 Å². The van der Waals surface area contributed by atoms with E-state index in [0.29, 0.717) is 4.47 Å². The highest BCUT2D eigenvalue weighted by molar-refractivity contribution is 9.10. The molecule has 4 nitrogen and oxygen atoms in total. The zero-order chi connectivity index (χ0) is 15.2. The lowest BCUT2D eigenvalue weighted by atomic mass is 10.2. The summed E-state index contributed by atoms with van der Waals surface area (Å²) in [7, 11) is 0. The summed E-state index contributed by atoms with van der Waals surface area (Å²) in [5, 5.41) is 11.2. The first kappa shape index (κ1) is 15.0. The van der Waals surface area contributed by atoms with Gasteiger partial charge >= 0.3 is 6.09 Å². The Bertz CT molecular complexity index is 699. The fourth-order valence-corrected chi connectivity index (χ4v) is 2.08. The molecular weight excluding hydrogens is 339 g/mol. The van der Waals surface area contributed by atoms with Crippen molar-refractivity contribution in [2.45, 2.75) is 6.61 Å². The highest BCUT2D eigenvalue weighted by Gasteiger charge is 2.14. The molecule has 2 rings (SSSR count). The highest BCUT2D eigenvalue weighted by Crippen LogP contribution is 2.24. The molecule has 0 bridgehead atoms. The van der Waals surface area contributed by atoms with Crippen molar-refractivity contribution in [3.63, 3.8) is 0 Å². The summed E-state index contributed by atoms with van der Waals surface area (Å²) in [6.07, 6.45) is -0.823. The number of nitrogens with one attached hydrogen (secondary N) is 1. The van der Waals surface area contributed by atoms with Crippen LogP contribution in [0.15, 0.2) is 46.9 Å². The smallest absolute Gasteiger partial charge is 0.412 e. The lowest BCUT2D eigenvalue weighted by Crippen LogP contribution is -2.15. The van der Waals surface area contributed by atoms with Crippen LogP contribution in [0.5, 0.6) is 0 Å². The molecule has 0 saturated carbocycles. The van der Waals surface area contributed by atoms with Crippen LogP contribution in [0, 0.1) is 17.1 Å². The third-order valence-electron chi connectivity index (χ3n) is 2.62. The van der Waals surface area contributed by atoms with Crippen LogP contribution in [0.2, 0.25) is 0 Å². The third-order valence-corrected chi connectivity index (χ3v) is 3.07. The van der Waals surface area contributed by atoms with Crippen LogP contribution >= 0.6 is 15.9 Å². The normalized spacial score (nSPS) is 9.76. The van der Waals surface area contributed by atoms with E-state index in [4.69, 9.17) is 10.00 Å². The number of rotatable bonds is 3. The van der Waals surface area contributed by atoms with Crippen LogP contribution < -0.4 is 5.32 Å². The molecule has 0 heterocycles. The second kappa shape index (κ2) is 6.86. The minimum Gasteiger partial charge on any atom is -0.444 e. The topological polar surface area (TPSA) is 62.1 Å². The molecule has 0 atom stereocenters. The first-order valence-electron chi connectivity index (χ1n) is 5.97. The predicted molar refractivity (Wildman–Crippen MR) is 79.1 cm³/mol. The molecule has 0 spiro atoms. The van der Waals surface area contributed by atoms with Crippen LogP contribution in [0.3, 0.4) is 0 Å². The van der Waals surface area contributed by atoms with Gasteiger partial charge in [-0.3, -0.25) is 5.32 Å². The van der Waals surface area contributed by atoms with Gasteiger partial charge < -0.3 is 4.74 Å². The van der Waals surface area contributed by atoms with Crippen LogP contribution in [0.1, 0.15) is 11.1 Å². The Hall–Kier alpha value is -2.39. The van der Waals surface area contributed by atoms with Crippen molar-refractivity contribution in [3.05, 3.63) is 63.9 Å². The van der Waals surface area contributed by atoms with Crippen LogP contribution in [0.4, 0.5) is 14.9 Å². The molecule has 0 fully saturated rings. The maximum Gasteiger partial charge on any atom is 0.412 e. The van der Waals surface area contributed by atoms with Gasteiger partial charge in [0.25, 0.3) is 0 Å². The average molecular weight is 349 g/mol. The second-order valence-corrected chi connectivity index (χ2v) is 5.02. The van der Waals surface area contributed by atoms with Crippen molar-refractivity contribution in [1.29, 1.82) is 5.26 Å². The van der Waals surface area contributed by atoms with E-state index >= 15 is 0 Å². The number of ether oxygens (including phenoxy) is 1. The van der Waals surface area contributed by atoms with Gasteiger partial charge in [-0.2, -0.15) is 5.26 Å². The molecular formula is C15H10BrFN2O2. The molecule has 0 radical (unpaired) electrons. The number of amides is 1. The molecule has 6 heteroatoms. The molecule has 0 aliphatic rings. The number of nitrogens with zero attached hydrogens (tertiary/aromatic N) is 1. The number of carbonyl (C=O) groups is 1. The van der Waals surface area contributed by atoms with E-state index in [1.54, 1.807) is 12.1 Å². The lowest BCUT2D eigenvalue weighted by Gasteiger charge is -2.09. The zero-order valence-corrected chi connectivity index (χ0v) is 12.4. The second-order valence-electron chi connectivity index (χ2n) is 4.11. The predicted octanol–water partition coefficient (Wildman–Crippen LogP) is 4.21. The first-order valence-corrected chi connectivity index (χ1v) is 6.76. The summed E-state index contributed by atoms with van der Waals surface area (Å²) < 4.78 is 19.2. The number of carbonyl (C=O) groups excluding carboxylic acids is 1.